The molecule has 1 aliphatic carbocycles. The van der Waals surface area contributed by atoms with E-state index in [1.807, 2.05) is 12.1 Å². The van der Waals surface area contributed by atoms with E-state index in [1.165, 1.54) is 6.07 Å². The predicted octanol–water partition coefficient (Wildman–Crippen LogP) is 2.65. The van der Waals surface area contributed by atoms with Crippen LogP contribution in [0.1, 0.15) is 36.0 Å². The van der Waals surface area contributed by atoms with E-state index in [2.05, 4.69) is 11.4 Å². The third kappa shape index (κ3) is 3.41. The Bertz CT molecular complexity index is 863. The maximum Gasteiger partial charge on any atom is 0.342 e. The highest BCUT2D eigenvalue weighted by atomic mass is 16.5. The predicted molar refractivity (Wildman–Crippen MR) is 90.9 cm³/mol. The van der Waals surface area contributed by atoms with Gasteiger partial charge in [-0.15, -0.1) is 0 Å². The first-order valence-corrected chi connectivity index (χ1v) is 8.15. The van der Waals surface area contributed by atoms with Gasteiger partial charge in [0.1, 0.15) is 16.9 Å². The molecule has 1 aliphatic rings. The first-order valence-electron chi connectivity index (χ1n) is 8.15. The van der Waals surface area contributed by atoms with Crippen LogP contribution in [0.3, 0.4) is 0 Å². The number of benzene rings is 2. The number of nitrogens with zero attached hydrogens (tertiary/aromatic N) is 1. The summed E-state index contributed by atoms with van der Waals surface area (Å²) in [7, 11) is 0. The summed E-state index contributed by atoms with van der Waals surface area (Å²) in [6.45, 7) is -0.492. The zero-order valence-electron chi connectivity index (χ0n) is 13.6. The lowest BCUT2D eigenvalue weighted by molar-refractivity contribution is -0.125. The van der Waals surface area contributed by atoms with Crippen molar-refractivity contribution in [1.29, 1.82) is 5.26 Å². The number of hydrogen-bond acceptors (Lipinski definition) is 5. The number of nitrogens with one attached hydrogen (secondary N) is 1. The van der Waals surface area contributed by atoms with Gasteiger partial charge in [-0.2, -0.15) is 5.26 Å². The van der Waals surface area contributed by atoms with Crippen LogP contribution in [0.15, 0.2) is 36.4 Å². The Hall–Kier alpha value is -3.07. The Kier molecular flexibility index (Phi) is 4.57. The molecule has 0 atom stereocenters. The van der Waals surface area contributed by atoms with Gasteiger partial charge in [-0.05, 0) is 37.1 Å². The molecule has 6 nitrogen and oxygen atoms in total. The summed E-state index contributed by atoms with van der Waals surface area (Å²) in [6.07, 6.45) is 2.99. The second kappa shape index (κ2) is 6.81. The average molecular weight is 338 g/mol. The lowest BCUT2D eigenvalue weighted by Crippen LogP contribution is -2.46. The molecule has 0 bridgehead atoms. The zero-order chi connectivity index (χ0) is 17.9. The summed E-state index contributed by atoms with van der Waals surface area (Å²) in [4.78, 5) is 24.2. The molecule has 0 unspecified atom stereocenters. The van der Waals surface area contributed by atoms with Crippen LogP contribution in [0.25, 0.3) is 10.8 Å². The van der Waals surface area contributed by atoms with E-state index in [9.17, 15) is 20.0 Å². The molecule has 2 N–H and O–H groups in total. The van der Waals surface area contributed by atoms with Gasteiger partial charge in [-0.3, -0.25) is 4.79 Å². The summed E-state index contributed by atoms with van der Waals surface area (Å²) in [5.41, 5.74) is -0.850. The Morgan fingerprint density at radius 1 is 1.20 bits per heavy atom. The minimum absolute atomic E-state index is 0.00219. The molecule has 0 aromatic heterocycles. The Balaban J connectivity index is 1.66. The van der Waals surface area contributed by atoms with Crippen molar-refractivity contribution in [3.63, 3.8) is 0 Å². The van der Waals surface area contributed by atoms with Gasteiger partial charge in [-0.1, -0.05) is 30.3 Å². The normalized spacial score (nSPS) is 15.5. The molecule has 0 radical (unpaired) electrons. The number of hydrogen-bond donors (Lipinski definition) is 2. The third-order valence-electron chi connectivity index (χ3n) is 4.50. The van der Waals surface area contributed by atoms with E-state index < -0.39 is 24.0 Å². The van der Waals surface area contributed by atoms with Crippen LogP contribution in [0.5, 0.6) is 5.75 Å². The van der Waals surface area contributed by atoms with E-state index in [1.54, 1.807) is 18.2 Å². The van der Waals surface area contributed by atoms with Gasteiger partial charge in [-0.25, -0.2) is 4.79 Å². The Labute approximate surface area is 145 Å². The molecule has 0 spiro atoms. The minimum Gasteiger partial charge on any atom is -0.506 e. The average Bonchev–Trinajstić information content (AvgIpc) is 3.09. The summed E-state index contributed by atoms with van der Waals surface area (Å²) < 4.78 is 5.00. The van der Waals surface area contributed by atoms with Crippen molar-refractivity contribution in [3.05, 3.63) is 42.0 Å². The standard InChI is InChI=1S/C19H18N2O4/c20-12-19(9-3-4-10-19)21-16(22)11-25-18(24)15-8-7-13-5-1-2-6-14(13)17(15)23/h1-2,5-8,23H,3-4,9-11H2,(H,21,22). The highest BCUT2D eigenvalue weighted by molar-refractivity contribution is 6.01. The maximum absolute atomic E-state index is 12.2. The van der Waals surface area contributed by atoms with Crippen LogP contribution in [-0.2, 0) is 9.53 Å². The summed E-state index contributed by atoms with van der Waals surface area (Å²) in [5.74, 6) is -1.47. The fourth-order valence-electron chi connectivity index (χ4n) is 3.17. The van der Waals surface area contributed by atoms with Gasteiger partial charge in [0.15, 0.2) is 6.61 Å². The fourth-order valence-corrected chi connectivity index (χ4v) is 3.17. The molecular formula is C19H18N2O4. The number of aromatic hydroxyl groups is 1. The Morgan fingerprint density at radius 2 is 1.92 bits per heavy atom. The van der Waals surface area contributed by atoms with Crippen LogP contribution < -0.4 is 5.32 Å². The van der Waals surface area contributed by atoms with Crippen molar-refractivity contribution in [1.82, 2.24) is 5.32 Å². The molecule has 0 heterocycles. The van der Waals surface area contributed by atoms with Crippen molar-refractivity contribution in [3.8, 4) is 11.8 Å². The number of amides is 1. The molecule has 3 rings (SSSR count). The molecule has 1 saturated carbocycles. The quantitative estimate of drug-likeness (QED) is 0.835. The van der Waals surface area contributed by atoms with Crippen LogP contribution >= 0.6 is 0 Å². The van der Waals surface area contributed by atoms with Crippen LogP contribution in [-0.4, -0.2) is 29.1 Å². The highest BCUT2D eigenvalue weighted by Gasteiger charge is 2.35. The van der Waals surface area contributed by atoms with E-state index in [0.29, 0.717) is 18.2 Å². The number of esters is 1. The monoisotopic (exact) mass is 338 g/mol. The molecule has 2 aromatic carbocycles. The van der Waals surface area contributed by atoms with Crippen LogP contribution in [0.4, 0.5) is 0 Å². The number of phenolic OH excluding ortho intramolecular Hbond substituents is 1. The lowest BCUT2D eigenvalue weighted by atomic mass is 10.00. The SMILES string of the molecule is N#CC1(NC(=O)COC(=O)c2ccc3ccccc3c2O)CCCC1. The topological polar surface area (TPSA) is 99.4 Å². The molecule has 128 valence electrons. The highest BCUT2D eigenvalue weighted by Crippen LogP contribution is 2.30. The van der Waals surface area contributed by atoms with Gasteiger partial charge in [0, 0.05) is 5.39 Å². The van der Waals surface area contributed by atoms with Gasteiger partial charge in [0.05, 0.1) is 6.07 Å². The second-order valence-electron chi connectivity index (χ2n) is 6.21. The molecule has 25 heavy (non-hydrogen) atoms. The molecule has 1 amide bonds. The van der Waals surface area contributed by atoms with Crippen molar-refractivity contribution in [2.75, 3.05) is 6.61 Å². The molecule has 1 fully saturated rings. The minimum atomic E-state index is -0.853. The number of carbonyl (C=O) groups excluding carboxylic acids is 2. The largest absolute Gasteiger partial charge is 0.506 e. The number of nitriles is 1. The van der Waals surface area contributed by atoms with Gasteiger partial charge in [0.25, 0.3) is 5.91 Å². The van der Waals surface area contributed by atoms with Crippen molar-refractivity contribution in [2.45, 2.75) is 31.2 Å². The summed E-state index contributed by atoms with van der Waals surface area (Å²) >= 11 is 0. The molecule has 0 saturated heterocycles. The number of rotatable bonds is 4. The van der Waals surface area contributed by atoms with E-state index in [4.69, 9.17) is 4.74 Å². The molecular weight excluding hydrogens is 320 g/mol. The number of ether oxygens (including phenoxy) is 1. The van der Waals surface area contributed by atoms with E-state index >= 15 is 0 Å². The van der Waals surface area contributed by atoms with Crippen molar-refractivity contribution in [2.24, 2.45) is 0 Å². The number of fused-ring (bicyclic) bond motifs is 1. The van der Waals surface area contributed by atoms with E-state index in [-0.39, 0.29) is 11.3 Å². The first kappa shape index (κ1) is 16.8. The molecule has 2 aromatic rings. The molecule has 0 aliphatic heterocycles. The Morgan fingerprint density at radius 3 is 2.64 bits per heavy atom. The first-order chi connectivity index (χ1) is 12.0. The number of carbonyl (C=O) groups is 2. The fraction of sp³-hybridized carbons (Fsp3) is 0.316. The van der Waals surface area contributed by atoms with Gasteiger partial charge < -0.3 is 15.2 Å². The summed E-state index contributed by atoms with van der Waals surface area (Å²) in [6, 6.07) is 12.4. The third-order valence-corrected chi connectivity index (χ3v) is 4.50. The van der Waals surface area contributed by atoms with Gasteiger partial charge >= 0.3 is 5.97 Å². The van der Waals surface area contributed by atoms with Crippen LogP contribution in [0, 0.1) is 11.3 Å². The number of phenols is 1. The molecule has 6 heteroatoms. The maximum atomic E-state index is 12.2. The van der Waals surface area contributed by atoms with Crippen molar-refractivity contribution >= 4 is 22.6 Å². The smallest absolute Gasteiger partial charge is 0.342 e. The van der Waals surface area contributed by atoms with Gasteiger partial charge in [0.2, 0.25) is 0 Å². The summed E-state index contributed by atoms with van der Waals surface area (Å²) in [5, 5.41) is 23.5. The second-order valence-corrected chi connectivity index (χ2v) is 6.21. The lowest BCUT2D eigenvalue weighted by Gasteiger charge is -2.21. The van der Waals surface area contributed by atoms with Crippen molar-refractivity contribution < 1.29 is 19.4 Å². The van der Waals surface area contributed by atoms with E-state index in [0.717, 1.165) is 18.2 Å². The zero-order valence-corrected chi connectivity index (χ0v) is 13.6. The van der Waals surface area contributed by atoms with Crippen LogP contribution in [0.2, 0.25) is 0 Å².